The summed E-state index contributed by atoms with van der Waals surface area (Å²) in [6, 6.07) is -1.09. The predicted molar refractivity (Wildman–Crippen MR) is 90.5 cm³/mol. The van der Waals surface area contributed by atoms with Gasteiger partial charge in [-0.2, -0.15) is 0 Å². The van der Waals surface area contributed by atoms with Crippen LogP contribution in [0.5, 0.6) is 0 Å². The molecule has 8 N–H and O–H groups in total. The summed E-state index contributed by atoms with van der Waals surface area (Å²) >= 11 is 0. The highest BCUT2D eigenvalue weighted by Gasteiger charge is 2.44. The third kappa shape index (κ3) is 6.84. The smallest absolute Gasteiger partial charge is 0.370 e. The lowest BCUT2D eigenvalue weighted by Gasteiger charge is -2.39. The van der Waals surface area contributed by atoms with Crippen LogP contribution in [0, 0.1) is 5.41 Å². The van der Waals surface area contributed by atoms with E-state index < -0.39 is 54.0 Å². The Balaban J connectivity index is 3.13. The Hall–Kier alpha value is -2.70. The summed E-state index contributed by atoms with van der Waals surface area (Å²) in [4.78, 5) is 33.8. The van der Waals surface area contributed by atoms with Crippen molar-refractivity contribution in [1.82, 2.24) is 10.6 Å². The molecule has 0 unspecified atom stereocenters. The molecule has 5 atom stereocenters. The van der Waals surface area contributed by atoms with E-state index in [0.29, 0.717) is 0 Å². The van der Waals surface area contributed by atoms with Gasteiger partial charge in [0.15, 0.2) is 6.10 Å². The van der Waals surface area contributed by atoms with Crippen LogP contribution in [0.4, 0.5) is 0 Å². The molecule has 2 amide bonds. The third-order valence-corrected chi connectivity index (χ3v) is 3.59. The van der Waals surface area contributed by atoms with Gasteiger partial charge in [-0.25, -0.2) is 4.79 Å². The molecule has 12 nitrogen and oxygen atoms in total. The summed E-state index contributed by atoms with van der Waals surface area (Å²) in [5.74, 6) is -3.34. The molecule has 0 saturated carbocycles. The van der Waals surface area contributed by atoms with Gasteiger partial charge in [0.2, 0.25) is 17.6 Å². The molecule has 0 radical (unpaired) electrons. The van der Waals surface area contributed by atoms with Gasteiger partial charge in [0.05, 0.1) is 6.04 Å². The molecule has 0 fully saturated rings. The second-order valence-corrected chi connectivity index (χ2v) is 5.94. The Morgan fingerprint density at radius 2 is 1.96 bits per heavy atom. The number of carboxylic acid groups (broad SMARTS) is 1. The summed E-state index contributed by atoms with van der Waals surface area (Å²) in [5.41, 5.74) is 5.23. The van der Waals surface area contributed by atoms with E-state index in [0.717, 1.165) is 6.08 Å². The Morgan fingerprint density at radius 3 is 2.44 bits per heavy atom. The number of aliphatic carboxylic acids is 1. The molecular weight excluding hydrogens is 364 g/mol. The van der Waals surface area contributed by atoms with Crippen LogP contribution in [-0.2, 0) is 23.9 Å². The fourth-order valence-electron chi connectivity index (χ4n) is 2.43. The van der Waals surface area contributed by atoms with Crippen LogP contribution in [0.2, 0.25) is 0 Å². The van der Waals surface area contributed by atoms with Crippen molar-refractivity contribution in [1.29, 1.82) is 5.41 Å². The van der Waals surface area contributed by atoms with Gasteiger partial charge in [-0.3, -0.25) is 15.0 Å². The number of hydrogen-bond acceptors (Lipinski definition) is 8. The zero-order valence-electron chi connectivity index (χ0n) is 14.8. The number of amides is 2. The fourth-order valence-corrected chi connectivity index (χ4v) is 2.43. The van der Waals surface area contributed by atoms with Crippen molar-refractivity contribution in [3.05, 3.63) is 11.8 Å². The zero-order valence-corrected chi connectivity index (χ0v) is 14.8. The Morgan fingerprint density at radius 1 is 1.33 bits per heavy atom. The molecule has 1 aliphatic heterocycles. The Bertz CT molecular complexity index is 623. The third-order valence-electron chi connectivity index (χ3n) is 3.59. The van der Waals surface area contributed by atoms with Crippen molar-refractivity contribution in [2.45, 2.75) is 44.3 Å². The van der Waals surface area contributed by atoms with Gasteiger partial charge in [-0.15, -0.1) is 0 Å². The summed E-state index contributed by atoms with van der Waals surface area (Å²) in [6.07, 6.45) is -4.65. The number of carbonyl (C=O) groups is 3. The van der Waals surface area contributed by atoms with Crippen LogP contribution < -0.4 is 16.4 Å². The SMILES string of the molecule is CC(=O)NC[C@@H](O)[C@@H](O)[C@@H]1OC(C(=O)O)=C[C@H](OCC(=N)N)[C@H]1NC(C)=O. The normalized spacial score (nSPS) is 24.0. The number of carboxylic acids is 1. The first-order chi connectivity index (χ1) is 12.5. The molecule has 0 aliphatic carbocycles. The summed E-state index contributed by atoms with van der Waals surface area (Å²) < 4.78 is 10.6. The van der Waals surface area contributed by atoms with Crippen LogP contribution in [0.25, 0.3) is 0 Å². The highest BCUT2D eigenvalue weighted by Crippen LogP contribution is 2.24. The Labute approximate surface area is 154 Å². The lowest BCUT2D eigenvalue weighted by molar-refractivity contribution is -0.149. The van der Waals surface area contributed by atoms with Gasteiger partial charge >= 0.3 is 5.97 Å². The van der Waals surface area contributed by atoms with E-state index in [1.54, 1.807) is 0 Å². The van der Waals surface area contributed by atoms with E-state index in [2.05, 4.69) is 10.6 Å². The molecule has 27 heavy (non-hydrogen) atoms. The van der Waals surface area contributed by atoms with Crippen LogP contribution >= 0.6 is 0 Å². The first-order valence-electron chi connectivity index (χ1n) is 7.96. The monoisotopic (exact) mass is 388 g/mol. The van der Waals surface area contributed by atoms with E-state index in [4.69, 9.17) is 20.6 Å². The molecule has 12 heteroatoms. The lowest BCUT2D eigenvalue weighted by Crippen LogP contribution is -2.61. The van der Waals surface area contributed by atoms with Crippen molar-refractivity contribution in [2.24, 2.45) is 5.73 Å². The predicted octanol–water partition coefficient (Wildman–Crippen LogP) is -2.96. The van der Waals surface area contributed by atoms with E-state index in [1.165, 1.54) is 13.8 Å². The summed E-state index contributed by atoms with van der Waals surface area (Å²) in [6.45, 7) is 1.72. The van der Waals surface area contributed by atoms with E-state index in [9.17, 15) is 29.7 Å². The average molecular weight is 388 g/mol. The number of nitrogens with one attached hydrogen (secondary N) is 3. The molecule has 1 heterocycles. The summed E-state index contributed by atoms with van der Waals surface area (Å²) in [5, 5.41) is 41.7. The fraction of sp³-hybridized carbons (Fsp3) is 0.600. The molecule has 0 bridgehead atoms. The zero-order chi connectivity index (χ0) is 20.7. The highest BCUT2D eigenvalue weighted by atomic mass is 16.5. The van der Waals surface area contributed by atoms with Gasteiger partial charge in [0.25, 0.3) is 0 Å². The van der Waals surface area contributed by atoms with Gasteiger partial charge < -0.3 is 41.2 Å². The van der Waals surface area contributed by atoms with Crippen LogP contribution in [-0.4, -0.2) is 82.5 Å². The van der Waals surface area contributed by atoms with Crippen LogP contribution in [0.15, 0.2) is 11.8 Å². The summed E-state index contributed by atoms with van der Waals surface area (Å²) in [7, 11) is 0. The second kappa shape index (κ2) is 9.85. The maximum Gasteiger partial charge on any atom is 0.370 e. The number of ether oxygens (including phenoxy) is 2. The molecule has 0 saturated heterocycles. The minimum atomic E-state index is -1.68. The maximum atomic E-state index is 11.5. The number of hydrogen-bond donors (Lipinski definition) is 7. The van der Waals surface area contributed by atoms with Crippen molar-refractivity contribution in [2.75, 3.05) is 13.2 Å². The first kappa shape index (κ1) is 22.3. The molecule has 0 spiro atoms. The lowest BCUT2D eigenvalue weighted by atomic mass is 9.93. The van der Waals surface area contributed by atoms with E-state index in [-0.39, 0.29) is 19.0 Å². The standard InChI is InChI=1S/C15H24N4O8/c1-6(20)18-4-8(22)13(23)14-12(19-7(2)21)9(26-5-11(16)17)3-10(27-14)15(24)25/h3,8-9,12-14,22-23H,4-5H2,1-2H3,(H3,16,17)(H,18,20)(H,19,21)(H,24,25)/t8-,9+,12-,13-,14-/m1/s1. The maximum absolute atomic E-state index is 11.5. The van der Waals surface area contributed by atoms with Crippen molar-refractivity contribution in [3.63, 3.8) is 0 Å². The number of nitrogens with two attached hydrogens (primary N) is 1. The van der Waals surface area contributed by atoms with Crippen LogP contribution in [0.3, 0.4) is 0 Å². The van der Waals surface area contributed by atoms with Crippen molar-refractivity contribution in [3.8, 4) is 0 Å². The number of aliphatic hydroxyl groups excluding tert-OH is 2. The molecular formula is C15H24N4O8. The molecule has 0 aromatic heterocycles. The molecule has 1 aliphatic rings. The Kier molecular flexibility index (Phi) is 8.15. The van der Waals surface area contributed by atoms with Gasteiger partial charge in [0.1, 0.15) is 30.8 Å². The minimum Gasteiger partial charge on any atom is -0.478 e. The van der Waals surface area contributed by atoms with Crippen LogP contribution in [0.1, 0.15) is 13.8 Å². The number of aliphatic hydroxyl groups is 2. The average Bonchev–Trinajstić information content (AvgIpc) is 2.56. The number of carbonyl (C=O) groups excluding carboxylic acids is 2. The van der Waals surface area contributed by atoms with Crippen molar-refractivity contribution < 1.29 is 39.2 Å². The van der Waals surface area contributed by atoms with E-state index in [1.807, 2.05) is 0 Å². The van der Waals surface area contributed by atoms with Gasteiger partial charge in [0, 0.05) is 20.4 Å². The first-order valence-corrected chi connectivity index (χ1v) is 7.96. The van der Waals surface area contributed by atoms with Gasteiger partial charge in [-0.1, -0.05) is 0 Å². The molecule has 0 aromatic carbocycles. The molecule has 152 valence electrons. The minimum absolute atomic E-state index is 0.325. The topological polar surface area (TPSA) is 204 Å². The van der Waals surface area contributed by atoms with E-state index >= 15 is 0 Å². The molecule has 0 aromatic rings. The highest BCUT2D eigenvalue weighted by molar-refractivity contribution is 5.85. The largest absolute Gasteiger partial charge is 0.478 e. The quantitative estimate of drug-likeness (QED) is 0.159. The van der Waals surface area contributed by atoms with Gasteiger partial charge in [-0.05, 0) is 6.08 Å². The van der Waals surface area contributed by atoms with Crippen molar-refractivity contribution >= 4 is 23.6 Å². The molecule has 1 rings (SSSR count). The number of rotatable bonds is 9. The number of amidine groups is 1. The second-order valence-electron chi connectivity index (χ2n) is 5.94.